The van der Waals surface area contributed by atoms with Crippen LogP contribution in [0.15, 0.2) is 91.4 Å². The van der Waals surface area contributed by atoms with E-state index in [9.17, 15) is 33.7 Å². The molecule has 1 aliphatic carbocycles. The predicted molar refractivity (Wildman–Crippen MR) is 187 cm³/mol. The largest absolute Gasteiger partial charge is 0.296 e. The van der Waals surface area contributed by atoms with Crippen molar-refractivity contribution in [1.29, 1.82) is 0 Å². The summed E-state index contributed by atoms with van der Waals surface area (Å²) in [6, 6.07) is 11.1. The standard InChI is InChI=1S/C6H6Cl2O3S.3C6H4Cl2O3S.Zn/c4*7-4-1-2-6(5(8)3-4)12(9,10)11;/h1-2,4H,3H2,(H,9,10,11);3*1-3H,(H,9,10,11);. The van der Waals surface area contributed by atoms with Gasteiger partial charge < -0.3 is 0 Å². The minimum absolute atomic E-state index is 0. The van der Waals surface area contributed by atoms with Crippen LogP contribution in [0.3, 0.4) is 0 Å². The van der Waals surface area contributed by atoms with Crippen LogP contribution in [0.5, 0.6) is 0 Å². The molecule has 0 saturated heterocycles. The Labute approximate surface area is 334 Å². The smallest absolute Gasteiger partial charge is 0.282 e. The van der Waals surface area contributed by atoms with Crippen molar-refractivity contribution in [2.24, 2.45) is 0 Å². The Kier molecular flexibility index (Phi) is 20.1. The number of halogens is 8. The van der Waals surface area contributed by atoms with Crippen molar-refractivity contribution in [2.75, 3.05) is 0 Å². The normalized spacial score (nSPS) is 14.6. The van der Waals surface area contributed by atoms with Gasteiger partial charge >= 0.3 is 0 Å². The number of hydrogen-bond acceptors (Lipinski definition) is 8. The molecule has 1 atom stereocenters. The van der Waals surface area contributed by atoms with E-state index in [-0.39, 0.29) is 71.0 Å². The van der Waals surface area contributed by atoms with E-state index < -0.39 is 40.5 Å². The van der Waals surface area contributed by atoms with Crippen molar-refractivity contribution in [3.63, 3.8) is 0 Å². The predicted octanol–water partition coefficient (Wildman–Crippen LogP) is 8.61. The Bertz CT molecular complexity index is 1970. The van der Waals surface area contributed by atoms with Gasteiger partial charge in [0.2, 0.25) is 0 Å². The molecule has 4 N–H and O–H groups in total. The summed E-state index contributed by atoms with van der Waals surface area (Å²) < 4.78 is 119. The molecule has 1 unspecified atom stereocenters. The fraction of sp³-hybridized carbons (Fsp3) is 0.0833. The number of allylic oxidation sites excluding steroid dienone is 3. The van der Waals surface area contributed by atoms with Crippen LogP contribution in [0.2, 0.25) is 30.1 Å². The second-order valence-corrected chi connectivity index (χ2v) is 17.6. The molecule has 49 heavy (non-hydrogen) atoms. The zero-order valence-electron chi connectivity index (χ0n) is 23.6. The molecule has 0 heterocycles. The average molecular weight is 976 g/mol. The van der Waals surface area contributed by atoms with Gasteiger partial charge in [0.15, 0.2) is 0 Å². The molecule has 25 heteroatoms. The first-order valence-electron chi connectivity index (χ1n) is 11.6. The van der Waals surface area contributed by atoms with Crippen LogP contribution >= 0.6 is 92.8 Å². The molecule has 3 aromatic carbocycles. The molecular formula is C24H18Cl8O12S4Zn. The van der Waals surface area contributed by atoms with E-state index >= 15 is 0 Å². The van der Waals surface area contributed by atoms with Crippen LogP contribution in [0.25, 0.3) is 0 Å². The first kappa shape index (κ1) is 48.7. The summed E-state index contributed by atoms with van der Waals surface area (Å²) in [4.78, 5) is -1.28. The van der Waals surface area contributed by atoms with E-state index in [1.54, 1.807) is 0 Å². The minimum Gasteiger partial charge on any atom is -0.282 e. The van der Waals surface area contributed by atoms with Gasteiger partial charge in [-0.3, -0.25) is 18.2 Å². The van der Waals surface area contributed by atoms with Crippen molar-refractivity contribution in [1.82, 2.24) is 0 Å². The summed E-state index contributed by atoms with van der Waals surface area (Å²) in [6.07, 6.45) is 2.91. The molecule has 268 valence electrons. The van der Waals surface area contributed by atoms with Gasteiger partial charge in [0.25, 0.3) is 40.5 Å². The molecule has 0 aromatic heterocycles. The average Bonchev–Trinajstić information content (AvgIpc) is 2.86. The summed E-state index contributed by atoms with van der Waals surface area (Å²) in [5.41, 5.74) is 0. The zero-order valence-corrected chi connectivity index (χ0v) is 35.8. The van der Waals surface area contributed by atoms with Crippen molar-refractivity contribution >= 4 is 133 Å². The van der Waals surface area contributed by atoms with Gasteiger partial charge in [-0.05, 0) is 60.7 Å². The maximum absolute atomic E-state index is 10.6. The van der Waals surface area contributed by atoms with Gasteiger partial charge in [-0.1, -0.05) is 87.3 Å². The molecular weight excluding hydrogens is 958 g/mol. The summed E-state index contributed by atoms with van der Waals surface area (Å²) >= 11 is 44.2. The van der Waals surface area contributed by atoms with Gasteiger partial charge in [-0.15, -0.1) is 11.6 Å². The number of benzene rings is 3. The summed E-state index contributed by atoms with van der Waals surface area (Å²) in [5.74, 6) is 0. The Morgan fingerprint density at radius 3 is 1.00 bits per heavy atom. The maximum Gasteiger partial charge on any atom is 0.296 e. The van der Waals surface area contributed by atoms with Gasteiger partial charge in [-0.2, -0.15) is 33.7 Å². The second-order valence-electron chi connectivity index (χ2n) is 8.47. The van der Waals surface area contributed by atoms with Crippen molar-refractivity contribution < 1.29 is 71.4 Å². The molecule has 12 nitrogen and oxygen atoms in total. The topological polar surface area (TPSA) is 217 Å². The van der Waals surface area contributed by atoms with Crippen molar-refractivity contribution in [2.45, 2.75) is 26.5 Å². The van der Waals surface area contributed by atoms with E-state index in [1.807, 2.05) is 0 Å². The molecule has 0 aliphatic heterocycles. The van der Waals surface area contributed by atoms with Gasteiger partial charge in [0, 0.05) is 46.0 Å². The van der Waals surface area contributed by atoms with Crippen LogP contribution in [-0.4, -0.2) is 57.3 Å². The Morgan fingerprint density at radius 1 is 0.510 bits per heavy atom. The van der Waals surface area contributed by atoms with Crippen LogP contribution in [0.1, 0.15) is 6.42 Å². The third-order valence-corrected chi connectivity index (χ3v) is 11.3. The molecule has 0 amide bonds. The number of rotatable bonds is 4. The SMILES string of the molecule is O=S(=O)(O)C1=C(Cl)CC(Cl)C=C1.O=S(=O)(O)c1ccc(Cl)cc1Cl.O=S(=O)(O)c1ccc(Cl)cc1Cl.O=S(=O)(O)c1ccc(Cl)cc1Cl.[Zn]. The van der Waals surface area contributed by atoms with E-state index in [4.69, 9.17) is 111 Å². The van der Waals surface area contributed by atoms with Crippen LogP contribution < -0.4 is 0 Å². The Hall–Kier alpha value is -0.277. The summed E-state index contributed by atoms with van der Waals surface area (Å²) in [5, 5.41) is 0.426. The first-order valence-corrected chi connectivity index (χ1v) is 20.4. The second kappa shape index (κ2) is 20.3. The van der Waals surface area contributed by atoms with E-state index in [0.29, 0.717) is 15.1 Å². The molecule has 0 spiro atoms. The monoisotopic (exact) mass is 970 g/mol. The van der Waals surface area contributed by atoms with E-state index in [0.717, 1.165) is 18.2 Å². The molecule has 0 fully saturated rings. The van der Waals surface area contributed by atoms with Crippen LogP contribution in [-0.2, 0) is 60.0 Å². The van der Waals surface area contributed by atoms with Gasteiger partial charge in [0.1, 0.15) is 19.6 Å². The summed E-state index contributed by atoms with van der Waals surface area (Å²) in [6.45, 7) is 0. The molecule has 4 rings (SSSR count). The quantitative estimate of drug-likeness (QED) is 0.110. The fourth-order valence-electron chi connectivity index (χ4n) is 2.90. The number of alkyl halides is 1. The van der Waals surface area contributed by atoms with E-state index in [1.165, 1.54) is 48.6 Å². The molecule has 0 saturated carbocycles. The number of hydrogen-bond donors (Lipinski definition) is 4. The van der Waals surface area contributed by atoms with Crippen LogP contribution in [0.4, 0.5) is 0 Å². The minimum atomic E-state index is -4.24. The molecule has 1 aliphatic rings. The zero-order chi connectivity index (χ0) is 37.4. The first-order chi connectivity index (χ1) is 21.6. The molecule has 0 radical (unpaired) electrons. The Balaban J connectivity index is 0.000000623. The molecule has 0 bridgehead atoms. The third kappa shape index (κ3) is 17.4. The van der Waals surface area contributed by atoms with Crippen LogP contribution in [0, 0.1) is 0 Å². The maximum atomic E-state index is 10.6. The van der Waals surface area contributed by atoms with E-state index in [2.05, 4.69) is 0 Å². The van der Waals surface area contributed by atoms with Crippen molar-refractivity contribution in [3.8, 4) is 0 Å². The third-order valence-electron chi connectivity index (χ3n) is 4.89. The Morgan fingerprint density at radius 2 is 0.796 bits per heavy atom. The summed E-state index contributed by atoms with van der Waals surface area (Å²) in [7, 11) is -16.9. The van der Waals surface area contributed by atoms with Crippen molar-refractivity contribution in [3.05, 3.63) is 107 Å². The van der Waals surface area contributed by atoms with Gasteiger partial charge in [-0.25, -0.2) is 0 Å². The fourth-order valence-corrected chi connectivity index (χ4v) is 8.08. The van der Waals surface area contributed by atoms with Gasteiger partial charge in [0.05, 0.1) is 20.4 Å². The molecule has 3 aromatic rings.